The Morgan fingerprint density at radius 2 is 2.36 bits per heavy atom. The lowest BCUT2D eigenvalue weighted by Crippen LogP contribution is -2.36. The van der Waals surface area contributed by atoms with Crippen LogP contribution >= 0.6 is 0 Å². The maximum atomic E-state index is 11.7. The molecule has 0 bridgehead atoms. The van der Waals surface area contributed by atoms with E-state index in [4.69, 9.17) is 5.73 Å². The molecule has 2 heterocycles. The van der Waals surface area contributed by atoms with E-state index in [1.165, 1.54) is 0 Å². The number of aromatic nitrogens is 1. The highest BCUT2D eigenvalue weighted by atomic mass is 16.1. The van der Waals surface area contributed by atoms with Crippen molar-refractivity contribution in [3.05, 3.63) is 34.2 Å². The lowest BCUT2D eigenvalue weighted by molar-refractivity contribution is 0.477. The summed E-state index contributed by atoms with van der Waals surface area (Å²) in [6.07, 6.45) is 1.83. The van der Waals surface area contributed by atoms with Gasteiger partial charge in [-0.15, -0.1) is 0 Å². The summed E-state index contributed by atoms with van der Waals surface area (Å²) in [5, 5.41) is 3.18. The summed E-state index contributed by atoms with van der Waals surface area (Å²) < 4.78 is 1.72. The predicted octanol–water partition coefficient (Wildman–Crippen LogP) is -0.372. The molecule has 0 amide bonds. The molecule has 2 rings (SSSR count). The van der Waals surface area contributed by atoms with E-state index in [-0.39, 0.29) is 17.6 Å². The Morgan fingerprint density at radius 3 is 2.93 bits per heavy atom. The first kappa shape index (κ1) is 9.43. The average molecular weight is 193 g/mol. The van der Waals surface area contributed by atoms with Gasteiger partial charge in [-0.1, -0.05) is 0 Å². The molecule has 4 heteroatoms. The molecule has 0 radical (unpaired) electrons. The molecule has 14 heavy (non-hydrogen) atoms. The molecule has 1 aromatic heterocycles. The first-order chi connectivity index (χ1) is 6.68. The molecule has 1 aromatic rings. The van der Waals surface area contributed by atoms with Crippen molar-refractivity contribution in [2.45, 2.75) is 19.0 Å². The first-order valence-corrected chi connectivity index (χ1v) is 4.83. The summed E-state index contributed by atoms with van der Waals surface area (Å²) >= 11 is 0. The van der Waals surface area contributed by atoms with E-state index in [1.807, 2.05) is 19.2 Å². The van der Waals surface area contributed by atoms with Gasteiger partial charge in [0.2, 0.25) is 0 Å². The van der Waals surface area contributed by atoms with Crippen LogP contribution in [0.5, 0.6) is 0 Å². The third-order valence-electron chi connectivity index (χ3n) is 2.69. The quantitative estimate of drug-likeness (QED) is 0.639. The van der Waals surface area contributed by atoms with Crippen LogP contribution in [0.4, 0.5) is 0 Å². The fraction of sp³-hybridized carbons (Fsp3) is 0.500. The van der Waals surface area contributed by atoms with Crippen LogP contribution in [0, 0.1) is 6.92 Å². The summed E-state index contributed by atoms with van der Waals surface area (Å²) in [7, 11) is 0. The number of pyridine rings is 1. The second-order valence-electron chi connectivity index (χ2n) is 3.84. The lowest BCUT2D eigenvalue weighted by atomic mass is 10.1. The van der Waals surface area contributed by atoms with Gasteiger partial charge in [0, 0.05) is 31.4 Å². The van der Waals surface area contributed by atoms with Crippen LogP contribution in [0.2, 0.25) is 0 Å². The molecular weight excluding hydrogens is 178 g/mol. The van der Waals surface area contributed by atoms with Gasteiger partial charge < -0.3 is 15.6 Å². The summed E-state index contributed by atoms with van der Waals surface area (Å²) in [5.41, 5.74) is 6.92. The largest absolute Gasteiger partial charge is 0.325 e. The molecule has 76 valence electrons. The summed E-state index contributed by atoms with van der Waals surface area (Å²) in [6, 6.07) is 3.72. The summed E-state index contributed by atoms with van der Waals surface area (Å²) in [6.45, 7) is 3.48. The number of nitrogens with zero attached hydrogens (tertiary/aromatic N) is 1. The highest BCUT2D eigenvalue weighted by molar-refractivity contribution is 5.10. The molecule has 4 nitrogen and oxygen atoms in total. The van der Waals surface area contributed by atoms with Gasteiger partial charge in [0.25, 0.3) is 5.56 Å². The predicted molar refractivity (Wildman–Crippen MR) is 55.3 cm³/mol. The van der Waals surface area contributed by atoms with E-state index in [2.05, 4.69) is 5.32 Å². The van der Waals surface area contributed by atoms with E-state index in [1.54, 1.807) is 10.6 Å². The Bertz CT molecular complexity index is 385. The molecule has 0 saturated carbocycles. The fourth-order valence-electron chi connectivity index (χ4n) is 1.85. The molecule has 1 aliphatic heterocycles. The van der Waals surface area contributed by atoms with Gasteiger partial charge in [-0.3, -0.25) is 4.79 Å². The van der Waals surface area contributed by atoms with Crippen LogP contribution in [0.25, 0.3) is 0 Å². The first-order valence-electron chi connectivity index (χ1n) is 4.83. The van der Waals surface area contributed by atoms with Gasteiger partial charge in [-0.2, -0.15) is 0 Å². The number of nitrogens with one attached hydrogen (secondary N) is 1. The number of hydrogen-bond acceptors (Lipinski definition) is 3. The van der Waals surface area contributed by atoms with Gasteiger partial charge in [0.15, 0.2) is 0 Å². The van der Waals surface area contributed by atoms with E-state index in [0.29, 0.717) is 0 Å². The molecule has 2 unspecified atom stereocenters. The molecular formula is C10H15N3O. The molecule has 1 aliphatic rings. The Labute approximate surface area is 82.7 Å². The third-order valence-corrected chi connectivity index (χ3v) is 2.69. The Morgan fingerprint density at radius 1 is 1.57 bits per heavy atom. The standard InChI is InChI=1S/C10H15N3O/c1-7-2-3-13(10(14)4-7)9-6-12-5-8(9)11/h2-4,8-9,12H,5-6,11H2,1H3. The Hall–Kier alpha value is -1.13. The second kappa shape index (κ2) is 3.55. The molecule has 1 fully saturated rings. The second-order valence-corrected chi connectivity index (χ2v) is 3.84. The zero-order valence-electron chi connectivity index (χ0n) is 8.23. The van der Waals surface area contributed by atoms with Crippen LogP contribution in [-0.2, 0) is 0 Å². The van der Waals surface area contributed by atoms with Crippen LogP contribution in [0.15, 0.2) is 23.1 Å². The molecule has 0 spiro atoms. The van der Waals surface area contributed by atoms with Gasteiger partial charge in [0.05, 0.1) is 6.04 Å². The van der Waals surface area contributed by atoms with E-state index < -0.39 is 0 Å². The molecule has 1 saturated heterocycles. The minimum absolute atomic E-state index is 0.0363. The molecule has 3 N–H and O–H groups in total. The van der Waals surface area contributed by atoms with Crippen LogP contribution < -0.4 is 16.6 Å². The maximum Gasteiger partial charge on any atom is 0.251 e. The highest BCUT2D eigenvalue weighted by Gasteiger charge is 2.25. The summed E-state index contributed by atoms with van der Waals surface area (Å²) in [4.78, 5) is 11.7. The smallest absolute Gasteiger partial charge is 0.251 e. The van der Waals surface area contributed by atoms with Crippen molar-refractivity contribution >= 4 is 0 Å². The normalized spacial score (nSPS) is 26.7. The van der Waals surface area contributed by atoms with Crippen LogP contribution in [0.1, 0.15) is 11.6 Å². The molecule has 0 aromatic carbocycles. The SMILES string of the molecule is Cc1ccn(C2CNCC2N)c(=O)c1. The fourth-order valence-corrected chi connectivity index (χ4v) is 1.85. The average Bonchev–Trinajstić information content (AvgIpc) is 2.52. The third kappa shape index (κ3) is 1.58. The minimum Gasteiger partial charge on any atom is -0.325 e. The number of hydrogen-bond donors (Lipinski definition) is 2. The van der Waals surface area contributed by atoms with Crippen molar-refractivity contribution in [2.24, 2.45) is 5.73 Å². The van der Waals surface area contributed by atoms with Gasteiger partial charge in [-0.25, -0.2) is 0 Å². The zero-order valence-corrected chi connectivity index (χ0v) is 8.23. The van der Waals surface area contributed by atoms with Gasteiger partial charge in [-0.05, 0) is 18.6 Å². The monoisotopic (exact) mass is 193 g/mol. The minimum atomic E-state index is 0.0363. The Kier molecular flexibility index (Phi) is 2.39. The van der Waals surface area contributed by atoms with E-state index in [9.17, 15) is 4.79 Å². The Balaban J connectivity index is 2.36. The zero-order chi connectivity index (χ0) is 10.1. The van der Waals surface area contributed by atoms with Crippen molar-refractivity contribution < 1.29 is 0 Å². The lowest BCUT2D eigenvalue weighted by Gasteiger charge is -2.17. The van der Waals surface area contributed by atoms with Crippen molar-refractivity contribution in [2.75, 3.05) is 13.1 Å². The molecule has 0 aliphatic carbocycles. The van der Waals surface area contributed by atoms with Crippen LogP contribution in [-0.4, -0.2) is 23.7 Å². The van der Waals surface area contributed by atoms with E-state index in [0.717, 1.165) is 18.7 Å². The number of rotatable bonds is 1. The number of nitrogens with two attached hydrogens (primary N) is 1. The van der Waals surface area contributed by atoms with E-state index >= 15 is 0 Å². The van der Waals surface area contributed by atoms with Gasteiger partial charge >= 0.3 is 0 Å². The van der Waals surface area contributed by atoms with Crippen molar-refractivity contribution in [1.82, 2.24) is 9.88 Å². The molecule has 2 atom stereocenters. The van der Waals surface area contributed by atoms with Gasteiger partial charge in [0.1, 0.15) is 0 Å². The highest BCUT2D eigenvalue weighted by Crippen LogP contribution is 2.11. The van der Waals surface area contributed by atoms with Crippen molar-refractivity contribution in [3.8, 4) is 0 Å². The van der Waals surface area contributed by atoms with Crippen molar-refractivity contribution in [1.29, 1.82) is 0 Å². The van der Waals surface area contributed by atoms with Crippen molar-refractivity contribution in [3.63, 3.8) is 0 Å². The number of aryl methyl sites for hydroxylation is 1. The topological polar surface area (TPSA) is 60.1 Å². The summed E-state index contributed by atoms with van der Waals surface area (Å²) in [5.74, 6) is 0. The van der Waals surface area contributed by atoms with Crippen LogP contribution in [0.3, 0.4) is 0 Å². The maximum absolute atomic E-state index is 11.7.